The Kier molecular flexibility index (Phi) is 4.95. The first-order chi connectivity index (χ1) is 10.9. The number of methoxy groups -OCH3 is 1. The second-order valence-corrected chi connectivity index (χ2v) is 5.23. The first-order valence-electron chi connectivity index (χ1n) is 6.92. The second-order valence-electron chi connectivity index (χ2n) is 4.79. The molecule has 120 valence electrons. The summed E-state index contributed by atoms with van der Waals surface area (Å²) in [6, 6.07) is 6.68. The summed E-state index contributed by atoms with van der Waals surface area (Å²) in [5, 5.41) is 4.63. The highest BCUT2D eigenvalue weighted by atomic mass is 35.5. The van der Waals surface area contributed by atoms with Crippen LogP contribution in [0.15, 0.2) is 29.1 Å². The molecule has 7 heteroatoms. The van der Waals surface area contributed by atoms with E-state index in [1.807, 2.05) is 0 Å². The SMILES string of the molecule is CCc1c(C(C)=O)c(=O)c(C(=O)OC)nn1-c1ccc(Cl)cc1. The van der Waals surface area contributed by atoms with Gasteiger partial charge in [0.25, 0.3) is 0 Å². The van der Waals surface area contributed by atoms with Gasteiger partial charge in [-0.05, 0) is 37.6 Å². The maximum atomic E-state index is 12.4. The van der Waals surface area contributed by atoms with Gasteiger partial charge in [-0.1, -0.05) is 18.5 Å². The average Bonchev–Trinajstić information content (AvgIpc) is 2.54. The molecule has 1 aromatic heterocycles. The number of halogens is 1. The van der Waals surface area contributed by atoms with Crippen molar-refractivity contribution in [3.63, 3.8) is 0 Å². The number of hydrogen-bond donors (Lipinski definition) is 0. The summed E-state index contributed by atoms with van der Waals surface area (Å²) in [4.78, 5) is 36.2. The Morgan fingerprint density at radius 1 is 1.26 bits per heavy atom. The summed E-state index contributed by atoms with van der Waals surface area (Å²) in [5.74, 6) is -1.31. The Labute approximate surface area is 137 Å². The second kappa shape index (κ2) is 6.75. The fraction of sp³-hybridized carbons (Fsp3) is 0.250. The van der Waals surface area contributed by atoms with Gasteiger partial charge in [0.15, 0.2) is 5.78 Å². The van der Waals surface area contributed by atoms with E-state index in [9.17, 15) is 14.4 Å². The van der Waals surface area contributed by atoms with E-state index in [1.54, 1.807) is 31.2 Å². The number of carbonyl (C=O) groups is 2. The van der Waals surface area contributed by atoms with E-state index < -0.39 is 22.9 Å². The van der Waals surface area contributed by atoms with Crippen LogP contribution in [0.5, 0.6) is 0 Å². The number of rotatable bonds is 4. The largest absolute Gasteiger partial charge is 0.464 e. The van der Waals surface area contributed by atoms with E-state index in [-0.39, 0.29) is 5.56 Å². The van der Waals surface area contributed by atoms with Gasteiger partial charge in [-0.15, -0.1) is 0 Å². The number of benzene rings is 1. The minimum absolute atomic E-state index is 0.0575. The van der Waals surface area contributed by atoms with Gasteiger partial charge in [-0.3, -0.25) is 9.59 Å². The van der Waals surface area contributed by atoms with Gasteiger partial charge in [-0.2, -0.15) is 5.10 Å². The molecule has 0 bridgehead atoms. The Morgan fingerprint density at radius 2 is 1.87 bits per heavy atom. The molecule has 23 heavy (non-hydrogen) atoms. The number of ether oxygens (including phenoxy) is 1. The molecule has 2 aromatic rings. The van der Waals surface area contributed by atoms with Crippen molar-refractivity contribution in [1.29, 1.82) is 0 Å². The topological polar surface area (TPSA) is 78.3 Å². The van der Waals surface area contributed by atoms with E-state index >= 15 is 0 Å². The van der Waals surface area contributed by atoms with Gasteiger partial charge < -0.3 is 4.74 Å². The van der Waals surface area contributed by atoms with E-state index in [0.717, 1.165) is 7.11 Å². The van der Waals surface area contributed by atoms with Crippen LogP contribution in [0.2, 0.25) is 5.02 Å². The molecule has 0 fully saturated rings. The Hall–Kier alpha value is -2.47. The van der Waals surface area contributed by atoms with Crippen molar-refractivity contribution >= 4 is 23.4 Å². The van der Waals surface area contributed by atoms with Crippen LogP contribution in [0.25, 0.3) is 5.69 Å². The standard InChI is InChI=1S/C16H15ClN2O4/c1-4-12-13(9(2)20)15(21)14(16(22)23-3)18-19(12)11-7-5-10(17)6-8-11/h5-8H,4H2,1-3H3. The van der Waals surface area contributed by atoms with E-state index in [0.29, 0.717) is 22.8 Å². The van der Waals surface area contributed by atoms with Gasteiger partial charge in [0.2, 0.25) is 11.1 Å². The van der Waals surface area contributed by atoms with Gasteiger partial charge in [0, 0.05) is 5.02 Å². The zero-order valence-electron chi connectivity index (χ0n) is 12.9. The fourth-order valence-electron chi connectivity index (χ4n) is 2.28. The van der Waals surface area contributed by atoms with Crippen molar-refractivity contribution in [1.82, 2.24) is 9.78 Å². The molecule has 6 nitrogen and oxygen atoms in total. The quantitative estimate of drug-likeness (QED) is 0.634. The fourth-order valence-corrected chi connectivity index (χ4v) is 2.40. The molecule has 0 unspecified atom stereocenters. The van der Waals surface area contributed by atoms with E-state index in [4.69, 9.17) is 11.6 Å². The molecule has 0 aliphatic heterocycles. The summed E-state index contributed by atoms with van der Waals surface area (Å²) in [6.07, 6.45) is 0.390. The van der Waals surface area contributed by atoms with Crippen LogP contribution in [-0.4, -0.2) is 28.6 Å². The molecule has 0 amide bonds. The minimum Gasteiger partial charge on any atom is -0.464 e. The summed E-state index contributed by atoms with van der Waals surface area (Å²) >= 11 is 5.88. The van der Waals surface area contributed by atoms with Gasteiger partial charge in [0.1, 0.15) is 0 Å². The third-order valence-corrected chi connectivity index (χ3v) is 3.58. The van der Waals surface area contributed by atoms with Crippen LogP contribution < -0.4 is 5.43 Å². The predicted molar refractivity (Wildman–Crippen MR) is 85.6 cm³/mol. The van der Waals surface area contributed by atoms with Crippen LogP contribution in [-0.2, 0) is 11.2 Å². The third-order valence-electron chi connectivity index (χ3n) is 3.32. The van der Waals surface area contributed by atoms with Crippen LogP contribution in [0.3, 0.4) is 0 Å². The van der Waals surface area contributed by atoms with Crippen LogP contribution in [0, 0.1) is 0 Å². The maximum absolute atomic E-state index is 12.4. The smallest absolute Gasteiger partial charge is 0.362 e. The minimum atomic E-state index is -0.886. The van der Waals surface area contributed by atoms with Gasteiger partial charge in [0.05, 0.1) is 24.1 Å². The van der Waals surface area contributed by atoms with Crippen molar-refractivity contribution in [2.75, 3.05) is 7.11 Å². The van der Waals surface area contributed by atoms with Crippen molar-refractivity contribution in [3.05, 3.63) is 56.5 Å². The highest BCUT2D eigenvalue weighted by Crippen LogP contribution is 2.17. The van der Waals surface area contributed by atoms with Gasteiger partial charge >= 0.3 is 5.97 Å². The van der Waals surface area contributed by atoms with E-state index in [2.05, 4.69) is 9.84 Å². The first kappa shape index (κ1) is 16.9. The van der Waals surface area contributed by atoms with Crippen molar-refractivity contribution in [2.45, 2.75) is 20.3 Å². The first-order valence-corrected chi connectivity index (χ1v) is 7.29. The molecule has 0 saturated heterocycles. The van der Waals surface area contributed by atoms with Crippen LogP contribution in [0.4, 0.5) is 0 Å². The summed E-state index contributed by atoms with van der Waals surface area (Å²) < 4.78 is 5.99. The van der Waals surface area contributed by atoms with E-state index in [1.165, 1.54) is 11.6 Å². The van der Waals surface area contributed by atoms with Gasteiger partial charge in [-0.25, -0.2) is 9.48 Å². The molecular formula is C16H15ClN2O4. The molecule has 0 radical (unpaired) electrons. The number of nitrogens with zero attached hydrogens (tertiary/aromatic N) is 2. The third kappa shape index (κ3) is 3.17. The molecular weight excluding hydrogens is 320 g/mol. The summed E-state index contributed by atoms with van der Waals surface area (Å²) in [6.45, 7) is 3.08. The zero-order chi connectivity index (χ0) is 17.1. The summed E-state index contributed by atoms with van der Waals surface area (Å²) in [7, 11) is 1.15. The number of aromatic nitrogens is 2. The highest BCUT2D eigenvalue weighted by molar-refractivity contribution is 6.30. The van der Waals surface area contributed by atoms with Crippen LogP contribution in [0.1, 0.15) is 40.4 Å². The van der Waals surface area contributed by atoms with Crippen LogP contribution >= 0.6 is 11.6 Å². The highest BCUT2D eigenvalue weighted by Gasteiger charge is 2.24. The lowest BCUT2D eigenvalue weighted by Gasteiger charge is -2.15. The maximum Gasteiger partial charge on any atom is 0.362 e. The molecule has 1 aromatic carbocycles. The lowest BCUT2D eigenvalue weighted by molar-refractivity contribution is 0.0590. The zero-order valence-corrected chi connectivity index (χ0v) is 13.7. The molecule has 0 N–H and O–H groups in total. The van der Waals surface area contributed by atoms with Crippen molar-refractivity contribution in [2.24, 2.45) is 0 Å². The Balaban J connectivity index is 2.86. The normalized spacial score (nSPS) is 10.4. The lowest BCUT2D eigenvalue weighted by atomic mass is 10.1. The van der Waals surface area contributed by atoms with Crippen molar-refractivity contribution < 1.29 is 14.3 Å². The summed E-state index contributed by atoms with van der Waals surface area (Å²) in [5.41, 5.74) is -0.189. The lowest BCUT2D eigenvalue weighted by Crippen LogP contribution is -2.30. The monoisotopic (exact) mass is 334 g/mol. The molecule has 0 aliphatic carbocycles. The number of hydrogen-bond acceptors (Lipinski definition) is 5. The number of carbonyl (C=O) groups excluding carboxylic acids is 2. The molecule has 1 heterocycles. The average molecular weight is 335 g/mol. The number of Topliss-reactive ketones (excluding diaryl/α,β-unsaturated/α-hetero) is 1. The molecule has 0 spiro atoms. The predicted octanol–water partition coefficient (Wildman–Crippen LogP) is 2.44. The molecule has 0 aliphatic rings. The number of ketones is 1. The molecule has 2 rings (SSSR count). The molecule has 0 atom stereocenters. The molecule has 0 saturated carbocycles. The Bertz CT molecular complexity index is 825. The Morgan fingerprint density at radius 3 is 2.35 bits per heavy atom. The number of esters is 1. The van der Waals surface area contributed by atoms with Crippen molar-refractivity contribution in [3.8, 4) is 5.69 Å².